The fourth-order valence-electron chi connectivity index (χ4n) is 4.71. The number of H-pyrrole nitrogens is 1. The largest absolute Gasteiger partial charge is 0.490 e. The molecule has 4 heterocycles. The summed E-state index contributed by atoms with van der Waals surface area (Å²) in [5.41, 5.74) is 5.76. The van der Waals surface area contributed by atoms with Gasteiger partial charge in [0.2, 0.25) is 0 Å². The molecular weight excluding hydrogens is 444 g/mol. The van der Waals surface area contributed by atoms with Gasteiger partial charge in [0.05, 0.1) is 29.2 Å². The van der Waals surface area contributed by atoms with Crippen molar-refractivity contribution in [2.24, 2.45) is 4.99 Å². The fourth-order valence-corrected chi connectivity index (χ4v) is 4.71. The Hall–Kier alpha value is -3.43. The number of rotatable bonds is 8. The lowest BCUT2D eigenvalue weighted by molar-refractivity contribution is 0.169. The third-order valence-electron chi connectivity index (χ3n) is 6.68. The van der Waals surface area contributed by atoms with Crippen LogP contribution in [0.1, 0.15) is 41.8 Å². The van der Waals surface area contributed by atoms with E-state index in [1.807, 2.05) is 44.3 Å². The van der Waals surface area contributed by atoms with Crippen LogP contribution in [-0.4, -0.2) is 75.5 Å². The normalized spacial score (nSPS) is 17.6. The summed E-state index contributed by atoms with van der Waals surface area (Å²) in [4.78, 5) is 10.7. The third kappa shape index (κ3) is 4.61. The van der Waals surface area contributed by atoms with Crippen molar-refractivity contribution in [2.75, 3.05) is 39.5 Å². The van der Waals surface area contributed by atoms with E-state index in [4.69, 9.17) is 19.9 Å². The summed E-state index contributed by atoms with van der Waals surface area (Å²) in [6.07, 6.45) is 7.45. The predicted octanol–water partition coefficient (Wildman–Crippen LogP) is 3.65. The highest BCUT2D eigenvalue weighted by molar-refractivity contribution is 6.54. The van der Waals surface area contributed by atoms with E-state index in [0.29, 0.717) is 35.4 Å². The quantitative estimate of drug-likeness (QED) is 0.460. The van der Waals surface area contributed by atoms with Gasteiger partial charge in [0.15, 0.2) is 5.69 Å². The Kier molecular flexibility index (Phi) is 6.70. The summed E-state index contributed by atoms with van der Waals surface area (Å²) in [5, 5.41) is 22.7. The van der Waals surface area contributed by atoms with Crippen LogP contribution in [0.15, 0.2) is 35.5 Å². The van der Waals surface area contributed by atoms with E-state index in [2.05, 4.69) is 15.0 Å². The number of aryl methyl sites for hydroxylation is 1. The molecule has 0 radical (unpaired) electrons. The summed E-state index contributed by atoms with van der Waals surface area (Å²) >= 11 is 0. The van der Waals surface area contributed by atoms with Gasteiger partial charge in [-0.15, -0.1) is 5.10 Å². The Labute approximate surface area is 204 Å². The summed E-state index contributed by atoms with van der Waals surface area (Å²) in [6.45, 7) is 7.70. The smallest absolute Gasteiger partial charge is 0.260 e. The van der Waals surface area contributed by atoms with Gasteiger partial charge in [-0.2, -0.15) is 0 Å². The molecule has 0 bridgehead atoms. The van der Waals surface area contributed by atoms with Gasteiger partial charge >= 0.3 is 0 Å². The molecule has 9 nitrogen and oxygen atoms in total. The minimum Gasteiger partial charge on any atom is -0.490 e. The van der Waals surface area contributed by atoms with E-state index in [1.165, 1.54) is 19.3 Å². The first kappa shape index (κ1) is 23.3. The average molecular weight is 477 g/mol. The molecule has 0 aromatic carbocycles. The van der Waals surface area contributed by atoms with Crippen LogP contribution in [0.3, 0.4) is 0 Å². The van der Waals surface area contributed by atoms with E-state index in [0.717, 1.165) is 47.7 Å². The van der Waals surface area contributed by atoms with Gasteiger partial charge in [0.1, 0.15) is 19.0 Å². The predicted molar refractivity (Wildman–Crippen MR) is 136 cm³/mol. The van der Waals surface area contributed by atoms with E-state index >= 15 is 0 Å². The van der Waals surface area contributed by atoms with Crippen LogP contribution in [0.5, 0.6) is 5.88 Å². The molecule has 0 atom stereocenters. The van der Waals surface area contributed by atoms with Gasteiger partial charge in [-0.3, -0.25) is 10.3 Å². The zero-order valence-corrected chi connectivity index (χ0v) is 20.3. The van der Waals surface area contributed by atoms with Crippen LogP contribution in [0.25, 0.3) is 11.3 Å². The van der Waals surface area contributed by atoms with Gasteiger partial charge in [0.25, 0.3) is 5.88 Å². The van der Waals surface area contributed by atoms with Crippen molar-refractivity contribution in [2.45, 2.75) is 33.1 Å². The number of aliphatic hydroxyl groups is 1. The van der Waals surface area contributed by atoms with Crippen LogP contribution < -0.4 is 4.74 Å². The molecule has 0 spiro atoms. The summed E-state index contributed by atoms with van der Waals surface area (Å²) < 4.78 is 13.7. The standard InChI is InChI=1S/C26H32N6O3/c1-17-18(2)28-25-21(34-14-12-31-9-5-3-6-10-31)16-19(23(27)22(17)25)29-24-20-8-4-7-11-32(20)30-26(24)35-15-13-33/h4,7-8,11,16,27-28,33H,3,5-6,9-10,12-15H2,1-2H3/b27-23?,29-19+. The maximum atomic E-state index is 9.25. The zero-order chi connectivity index (χ0) is 24.4. The molecule has 3 aromatic heterocycles. The van der Waals surface area contributed by atoms with Crippen molar-refractivity contribution in [3.8, 4) is 5.88 Å². The molecule has 5 rings (SSSR count). The number of nitrogens with one attached hydrogen (secondary N) is 2. The van der Waals surface area contributed by atoms with E-state index < -0.39 is 0 Å². The highest BCUT2D eigenvalue weighted by Gasteiger charge is 2.28. The molecule has 0 amide bonds. The zero-order valence-electron chi connectivity index (χ0n) is 20.3. The number of hydrogen-bond donors (Lipinski definition) is 3. The van der Waals surface area contributed by atoms with Gasteiger partial charge in [-0.05, 0) is 57.5 Å². The fraction of sp³-hybridized carbons (Fsp3) is 0.423. The van der Waals surface area contributed by atoms with Crippen LogP contribution in [0.4, 0.5) is 5.69 Å². The maximum absolute atomic E-state index is 9.25. The molecule has 1 aliphatic heterocycles. The molecule has 3 N–H and O–H groups in total. The van der Waals surface area contributed by atoms with Gasteiger partial charge in [-0.1, -0.05) is 12.5 Å². The number of aliphatic imine (C=N–C) groups is 1. The van der Waals surface area contributed by atoms with E-state index in [1.54, 1.807) is 4.52 Å². The van der Waals surface area contributed by atoms with Gasteiger partial charge in [0, 0.05) is 30.1 Å². The number of aromatic amines is 1. The molecule has 1 aliphatic carbocycles. The maximum Gasteiger partial charge on any atom is 0.260 e. The molecular formula is C26H32N6O3. The summed E-state index contributed by atoms with van der Waals surface area (Å²) in [6, 6.07) is 5.69. The molecule has 35 heavy (non-hydrogen) atoms. The van der Waals surface area contributed by atoms with Gasteiger partial charge in [-0.25, -0.2) is 9.51 Å². The Balaban J connectivity index is 1.51. The lowest BCUT2D eigenvalue weighted by Gasteiger charge is -2.26. The number of likely N-dealkylation sites (tertiary alicyclic amines) is 1. The second-order valence-electron chi connectivity index (χ2n) is 9.01. The molecule has 2 aliphatic rings. The second kappa shape index (κ2) is 10.1. The minimum absolute atomic E-state index is 0.111. The number of ether oxygens (including phenoxy) is 2. The molecule has 3 aromatic rings. The summed E-state index contributed by atoms with van der Waals surface area (Å²) in [5.74, 6) is 1.01. The van der Waals surface area contributed by atoms with Crippen LogP contribution in [0, 0.1) is 19.3 Å². The number of aliphatic hydroxyl groups excluding tert-OH is 1. The topological polar surface area (TPSA) is 111 Å². The number of hydrogen-bond acceptors (Lipinski definition) is 7. The van der Waals surface area contributed by atoms with Crippen LogP contribution >= 0.6 is 0 Å². The van der Waals surface area contributed by atoms with Crippen LogP contribution in [0.2, 0.25) is 0 Å². The van der Waals surface area contributed by atoms with Crippen molar-refractivity contribution >= 4 is 28.4 Å². The molecule has 9 heteroatoms. The van der Waals surface area contributed by atoms with Crippen molar-refractivity contribution in [1.82, 2.24) is 19.5 Å². The Morgan fingerprint density at radius 3 is 2.77 bits per heavy atom. The number of nitrogens with zero attached hydrogens (tertiary/aromatic N) is 4. The molecule has 0 saturated carbocycles. The number of pyridine rings is 1. The Morgan fingerprint density at radius 2 is 1.97 bits per heavy atom. The SMILES string of the molecule is Cc1[nH]c2c(c1C)C(=N)/C(=N/c1c(OCCO)nn3ccccc13)C=C2OCCN1CCCCC1. The first-order valence-corrected chi connectivity index (χ1v) is 12.2. The Bertz CT molecular complexity index is 1300. The molecule has 1 fully saturated rings. The first-order chi connectivity index (χ1) is 17.1. The monoisotopic (exact) mass is 476 g/mol. The third-order valence-corrected chi connectivity index (χ3v) is 6.68. The Morgan fingerprint density at radius 1 is 1.14 bits per heavy atom. The van der Waals surface area contributed by atoms with Crippen molar-refractivity contribution in [3.05, 3.63) is 53.0 Å². The van der Waals surface area contributed by atoms with Gasteiger partial charge < -0.3 is 19.6 Å². The molecule has 1 saturated heterocycles. The number of piperidine rings is 1. The van der Waals surface area contributed by atoms with Crippen molar-refractivity contribution in [1.29, 1.82) is 5.41 Å². The number of fused-ring (bicyclic) bond motifs is 2. The highest BCUT2D eigenvalue weighted by Crippen LogP contribution is 2.35. The van der Waals surface area contributed by atoms with Crippen molar-refractivity contribution < 1.29 is 14.6 Å². The van der Waals surface area contributed by atoms with Crippen molar-refractivity contribution in [3.63, 3.8) is 0 Å². The average Bonchev–Trinajstić information content (AvgIpc) is 3.38. The molecule has 184 valence electrons. The lowest BCUT2D eigenvalue weighted by Crippen LogP contribution is -2.32. The van der Waals surface area contributed by atoms with E-state index in [-0.39, 0.29) is 13.2 Å². The molecule has 0 unspecified atom stereocenters. The summed E-state index contributed by atoms with van der Waals surface area (Å²) in [7, 11) is 0. The number of aromatic nitrogens is 3. The lowest BCUT2D eigenvalue weighted by atomic mass is 9.95. The number of allylic oxidation sites excluding steroid dienone is 1. The van der Waals surface area contributed by atoms with Crippen LogP contribution in [-0.2, 0) is 4.74 Å². The van der Waals surface area contributed by atoms with E-state index in [9.17, 15) is 5.11 Å². The highest BCUT2D eigenvalue weighted by atomic mass is 16.5. The second-order valence-corrected chi connectivity index (χ2v) is 9.01. The first-order valence-electron chi connectivity index (χ1n) is 12.2. The minimum atomic E-state index is -0.125.